The molecule has 7 atom stereocenters. The van der Waals surface area contributed by atoms with Crippen LogP contribution in [0.4, 0.5) is 0 Å². The summed E-state index contributed by atoms with van der Waals surface area (Å²) in [4.78, 5) is 24.7. The average molecular weight is 344 g/mol. The van der Waals surface area contributed by atoms with E-state index in [2.05, 4.69) is 20.4 Å². The number of esters is 1. The summed E-state index contributed by atoms with van der Waals surface area (Å²) < 4.78 is 5.51. The van der Waals surface area contributed by atoms with Crippen molar-refractivity contribution in [3.63, 3.8) is 0 Å². The molecule has 0 bridgehead atoms. The minimum Gasteiger partial charge on any atom is -0.463 e. The Kier molecular flexibility index (Phi) is 3.94. The molecule has 138 valence electrons. The van der Waals surface area contributed by atoms with Gasteiger partial charge < -0.3 is 4.74 Å². The van der Waals surface area contributed by atoms with E-state index in [0.29, 0.717) is 30.0 Å². The first-order chi connectivity index (χ1) is 11.8. The van der Waals surface area contributed by atoms with Gasteiger partial charge in [0.2, 0.25) is 0 Å². The van der Waals surface area contributed by atoms with Crippen LogP contribution in [0.5, 0.6) is 0 Å². The van der Waals surface area contributed by atoms with Crippen molar-refractivity contribution in [2.75, 3.05) is 0 Å². The highest BCUT2D eigenvalue weighted by Crippen LogP contribution is 2.66. The average Bonchev–Trinajstić information content (AvgIpc) is 2.82. The monoisotopic (exact) mass is 344 g/mol. The Hall–Kier alpha value is -1.12. The van der Waals surface area contributed by atoms with Gasteiger partial charge in [0.1, 0.15) is 11.9 Å². The highest BCUT2D eigenvalue weighted by molar-refractivity contribution is 5.85. The number of hydrogen-bond donors (Lipinski definition) is 0. The molecule has 3 nitrogen and oxygen atoms in total. The van der Waals surface area contributed by atoms with Crippen LogP contribution in [0.1, 0.15) is 72.1 Å². The molecule has 0 unspecified atom stereocenters. The van der Waals surface area contributed by atoms with Gasteiger partial charge in [0.15, 0.2) is 0 Å². The van der Waals surface area contributed by atoms with Crippen molar-refractivity contribution >= 4 is 11.8 Å². The fourth-order valence-electron chi connectivity index (χ4n) is 7.28. The molecule has 4 fully saturated rings. The number of ketones is 1. The third-order valence-electron chi connectivity index (χ3n) is 8.59. The van der Waals surface area contributed by atoms with Crippen LogP contribution in [-0.4, -0.2) is 17.9 Å². The minimum atomic E-state index is -0.170. The smallest absolute Gasteiger partial charge is 0.302 e. The lowest BCUT2D eigenvalue weighted by molar-refractivity contribution is -0.166. The number of carbonyl (C=O) groups is 2. The second kappa shape index (κ2) is 5.69. The summed E-state index contributed by atoms with van der Waals surface area (Å²) in [6.07, 6.45) is 8.31. The SMILES string of the molecule is C=C1CC[C@H]2[C@@H]3CC[C@H]4C[C@H](OC(C)=O)CC[C@]4(C)[C@H]3C(=O)C[C@]12C. The van der Waals surface area contributed by atoms with E-state index in [4.69, 9.17) is 4.74 Å². The zero-order valence-corrected chi connectivity index (χ0v) is 16.0. The van der Waals surface area contributed by atoms with Crippen molar-refractivity contribution in [3.8, 4) is 0 Å². The molecule has 0 radical (unpaired) electrons. The van der Waals surface area contributed by atoms with E-state index in [1.807, 2.05) is 0 Å². The highest BCUT2D eigenvalue weighted by atomic mass is 16.5. The number of rotatable bonds is 1. The lowest BCUT2D eigenvalue weighted by Crippen LogP contribution is -2.57. The van der Waals surface area contributed by atoms with Gasteiger partial charge in [-0.3, -0.25) is 9.59 Å². The molecule has 0 spiro atoms. The number of carbonyl (C=O) groups excluding carboxylic acids is 2. The van der Waals surface area contributed by atoms with E-state index in [9.17, 15) is 9.59 Å². The lowest BCUT2D eigenvalue weighted by atomic mass is 9.44. The Bertz CT molecular complexity index is 623. The molecule has 0 aromatic heterocycles. The minimum absolute atomic E-state index is 0.0520. The Balaban J connectivity index is 1.60. The maximum absolute atomic E-state index is 13.3. The van der Waals surface area contributed by atoms with Crippen LogP contribution >= 0.6 is 0 Å². The number of fused-ring (bicyclic) bond motifs is 5. The molecule has 4 saturated carbocycles. The van der Waals surface area contributed by atoms with Gasteiger partial charge in [0.05, 0.1) is 0 Å². The van der Waals surface area contributed by atoms with Crippen LogP contribution in [0.15, 0.2) is 12.2 Å². The predicted molar refractivity (Wildman–Crippen MR) is 96.8 cm³/mol. The zero-order chi connectivity index (χ0) is 18.0. The highest BCUT2D eigenvalue weighted by Gasteiger charge is 2.62. The van der Waals surface area contributed by atoms with Gasteiger partial charge in [0.25, 0.3) is 0 Å². The molecule has 0 heterocycles. The molecule has 0 amide bonds. The summed E-state index contributed by atoms with van der Waals surface area (Å²) in [5.74, 6) is 2.24. The standard InChI is InChI=1S/C22H32O3/c1-13-5-8-18-17-7-6-15-11-16(25-14(2)23)9-10-21(15,3)20(17)19(24)12-22(13,18)4/h15-18,20H,1,5-12H2,2-4H3/t15-,16+,17-,18-,20+,21-,22+/m0/s1. The molecule has 0 saturated heterocycles. The summed E-state index contributed by atoms with van der Waals surface area (Å²) in [6, 6.07) is 0. The lowest BCUT2D eigenvalue weighted by Gasteiger charge is -2.59. The molecule has 0 N–H and O–H groups in total. The van der Waals surface area contributed by atoms with E-state index in [1.165, 1.54) is 25.3 Å². The Morgan fingerprint density at radius 1 is 1.20 bits per heavy atom. The maximum Gasteiger partial charge on any atom is 0.302 e. The van der Waals surface area contributed by atoms with Crippen LogP contribution in [0.3, 0.4) is 0 Å². The van der Waals surface area contributed by atoms with Gasteiger partial charge in [0, 0.05) is 19.3 Å². The Labute approximate surface area is 151 Å². The van der Waals surface area contributed by atoms with Gasteiger partial charge >= 0.3 is 5.97 Å². The second-order valence-corrected chi connectivity index (χ2v) is 9.74. The summed E-state index contributed by atoms with van der Waals surface area (Å²) in [5.41, 5.74) is 1.47. The summed E-state index contributed by atoms with van der Waals surface area (Å²) in [6.45, 7) is 10.5. The van der Waals surface area contributed by atoms with Crippen LogP contribution < -0.4 is 0 Å². The van der Waals surface area contributed by atoms with Crippen LogP contribution in [0, 0.1) is 34.5 Å². The van der Waals surface area contributed by atoms with Gasteiger partial charge in [-0.2, -0.15) is 0 Å². The van der Waals surface area contributed by atoms with E-state index < -0.39 is 0 Å². The first kappa shape index (κ1) is 17.3. The summed E-state index contributed by atoms with van der Waals surface area (Å²) in [7, 11) is 0. The van der Waals surface area contributed by atoms with Gasteiger partial charge in [-0.1, -0.05) is 26.0 Å². The molecule has 0 aromatic carbocycles. The molecular formula is C22H32O3. The number of Topliss-reactive ketones (excluding diaryl/α,β-unsaturated/α-hetero) is 1. The predicted octanol–water partition coefficient (Wildman–Crippen LogP) is 4.70. The van der Waals surface area contributed by atoms with Crippen molar-refractivity contribution in [1.82, 2.24) is 0 Å². The molecule has 0 aromatic rings. The molecular weight excluding hydrogens is 312 g/mol. The van der Waals surface area contributed by atoms with E-state index in [0.717, 1.165) is 32.1 Å². The third-order valence-corrected chi connectivity index (χ3v) is 8.59. The van der Waals surface area contributed by atoms with Gasteiger partial charge in [-0.15, -0.1) is 0 Å². The topological polar surface area (TPSA) is 43.4 Å². The van der Waals surface area contributed by atoms with Crippen molar-refractivity contribution in [2.45, 2.75) is 78.2 Å². The van der Waals surface area contributed by atoms with Gasteiger partial charge in [-0.25, -0.2) is 0 Å². The maximum atomic E-state index is 13.3. The summed E-state index contributed by atoms with van der Waals surface area (Å²) in [5, 5.41) is 0. The Morgan fingerprint density at radius 3 is 2.68 bits per heavy atom. The van der Waals surface area contributed by atoms with Crippen molar-refractivity contribution in [3.05, 3.63) is 12.2 Å². The van der Waals surface area contributed by atoms with Crippen molar-refractivity contribution in [1.29, 1.82) is 0 Å². The van der Waals surface area contributed by atoms with E-state index in [1.54, 1.807) is 0 Å². The molecule has 0 aliphatic heterocycles. The van der Waals surface area contributed by atoms with E-state index in [-0.39, 0.29) is 28.8 Å². The van der Waals surface area contributed by atoms with Gasteiger partial charge in [-0.05, 0) is 73.5 Å². The quantitative estimate of drug-likeness (QED) is 0.512. The number of ether oxygens (including phenoxy) is 1. The van der Waals surface area contributed by atoms with Crippen LogP contribution in [-0.2, 0) is 14.3 Å². The fraction of sp³-hybridized carbons (Fsp3) is 0.818. The first-order valence-corrected chi connectivity index (χ1v) is 10.1. The second-order valence-electron chi connectivity index (χ2n) is 9.74. The molecule has 3 heteroatoms. The fourth-order valence-corrected chi connectivity index (χ4v) is 7.28. The largest absolute Gasteiger partial charge is 0.463 e. The van der Waals surface area contributed by atoms with E-state index >= 15 is 0 Å². The zero-order valence-electron chi connectivity index (χ0n) is 16.0. The number of hydrogen-bond acceptors (Lipinski definition) is 3. The first-order valence-electron chi connectivity index (χ1n) is 10.1. The van der Waals surface area contributed by atoms with Crippen molar-refractivity contribution < 1.29 is 14.3 Å². The third kappa shape index (κ3) is 2.44. The molecule has 4 aliphatic carbocycles. The normalized spacial score (nSPS) is 49.2. The van der Waals surface area contributed by atoms with Crippen molar-refractivity contribution in [2.24, 2.45) is 34.5 Å². The van der Waals surface area contributed by atoms with Crippen LogP contribution in [0.2, 0.25) is 0 Å². The molecule has 4 rings (SSSR count). The summed E-state index contributed by atoms with van der Waals surface area (Å²) >= 11 is 0. The Morgan fingerprint density at radius 2 is 1.96 bits per heavy atom. The molecule has 25 heavy (non-hydrogen) atoms. The molecule has 4 aliphatic rings. The van der Waals surface area contributed by atoms with Crippen LogP contribution in [0.25, 0.3) is 0 Å². The number of allylic oxidation sites excluding steroid dienone is 1.